The quantitative estimate of drug-likeness (QED) is 0.856. The van der Waals surface area contributed by atoms with Gasteiger partial charge in [0.25, 0.3) is 0 Å². The smallest absolute Gasteiger partial charge is 0.127 e. The summed E-state index contributed by atoms with van der Waals surface area (Å²) in [5, 5.41) is 0. The van der Waals surface area contributed by atoms with Gasteiger partial charge in [0.15, 0.2) is 0 Å². The summed E-state index contributed by atoms with van der Waals surface area (Å²) in [7, 11) is 0. The van der Waals surface area contributed by atoms with Gasteiger partial charge in [-0.15, -0.1) is 0 Å². The lowest BCUT2D eigenvalue weighted by atomic mass is 10.1. The molecule has 0 saturated carbocycles. The highest BCUT2D eigenvalue weighted by Gasteiger charge is 2.03. The van der Waals surface area contributed by atoms with Crippen LogP contribution in [-0.2, 0) is 12.8 Å². The molecule has 3 nitrogen and oxygen atoms in total. The fourth-order valence-electron chi connectivity index (χ4n) is 2.35. The molecule has 0 spiro atoms. The summed E-state index contributed by atoms with van der Waals surface area (Å²) >= 11 is 0. The van der Waals surface area contributed by atoms with Crippen LogP contribution in [-0.4, -0.2) is 12.1 Å². The standard InChI is InChI=1S/C18H24N2O/c1-13(19)9-15-5-3-7-17(11-15)21-18-8-4-6-16(12-18)10-14(2)20/h3-8,11-14H,9-10,19-20H2,1-2H3/t13-,14-/m1/s1. The molecule has 0 aromatic heterocycles. The molecule has 21 heavy (non-hydrogen) atoms. The number of benzene rings is 2. The van der Waals surface area contributed by atoms with E-state index in [2.05, 4.69) is 12.1 Å². The molecule has 2 aromatic rings. The Labute approximate surface area is 126 Å². The summed E-state index contributed by atoms with van der Waals surface area (Å²) in [6.45, 7) is 4.01. The molecule has 0 fully saturated rings. The molecule has 0 bridgehead atoms. The molecule has 0 heterocycles. The highest BCUT2D eigenvalue weighted by atomic mass is 16.5. The van der Waals surface area contributed by atoms with E-state index in [-0.39, 0.29) is 12.1 Å². The molecule has 3 heteroatoms. The highest BCUT2D eigenvalue weighted by molar-refractivity contribution is 5.36. The summed E-state index contributed by atoms with van der Waals surface area (Å²) in [4.78, 5) is 0. The lowest BCUT2D eigenvalue weighted by Crippen LogP contribution is -2.17. The molecule has 0 radical (unpaired) electrons. The largest absolute Gasteiger partial charge is 0.457 e. The fraction of sp³-hybridized carbons (Fsp3) is 0.333. The Bertz CT molecular complexity index is 527. The second-order valence-corrected chi connectivity index (χ2v) is 5.76. The van der Waals surface area contributed by atoms with Crippen LogP contribution in [0, 0.1) is 0 Å². The first-order valence-electron chi connectivity index (χ1n) is 7.40. The van der Waals surface area contributed by atoms with E-state index in [9.17, 15) is 0 Å². The number of nitrogens with two attached hydrogens (primary N) is 2. The summed E-state index contributed by atoms with van der Waals surface area (Å²) in [6.07, 6.45) is 1.70. The van der Waals surface area contributed by atoms with Gasteiger partial charge in [0.2, 0.25) is 0 Å². The summed E-state index contributed by atoms with van der Waals surface area (Å²) in [6, 6.07) is 16.4. The van der Waals surface area contributed by atoms with Crippen LogP contribution in [0.5, 0.6) is 11.5 Å². The van der Waals surface area contributed by atoms with Crippen molar-refractivity contribution in [1.82, 2.24) is 0 Å². The van der Waals surface area contributed by atoms with Crippen molar-refractivity contribution in [1.29, 1.82) is 0 Å². The monoisotopic (exact) mass is 284 g/mol. The van der Waals surface area contributed by atoms with Gasteiger partial charge in [-0.25, -0.2) is 0 Å². The first-order chi connectivity index (χ1) is 10.0. The second-order valence-electron chi connectivity index (χ2n) is 5.76. The number of hydrogen-bond donors (Lipinski definition) is 2. The molecular weight excluding hydrogens is 260 g/mol. The maximum atomic E-state index is 5.94. The van der Waals surface area contributed by atoms with Gasteiger partial charge in [-0.2, -0.15) is 0 Å². The zero-order chi connectivity index (χ0) is 15.2. The highest BCUT2D eigenvalue weighted by Crippen LogP contribution is 2.24. The molecule has 2 atom stereocenters. The SMILES string of the molecule is C[C@@H](N)Cc1cccc(Oc2cccc(C[C@@H](C)N)c2)c1. The minimum atomic E-state index is 0.148. The third kappa shape index (κ3) is 5.21. The molecule has 0 unspecified atom stereocenters. The Balaban J connectivity index is 2.10. The first-order valence-corrected chi connectivity index (χ1v) is 7.40. The van der Waals surface area contributed by atoms with Crippen molar-refractivity contribution < 1.29 is 4.74 Å². The van der Waals surface area contributed by atoms with Crippen LogP contribution in [0.2, 0.25) is 0 Å². The van der Waals surface area contributed by atoms with Crippen molar-refractivity contribution in [2.75, 3.05) is 0 Å². The van der Waals surface area contributed by atoms with Crippen molar-refractivity contribution in [2.45, 2.75) is 38.8 Å². The summed E-state index contributed by atoms with van der Waals surface area (Å²) in [5.74, 6) is 1.68. The van der Waals surface area contributed by atoms with Crippen molar-refractivity contribution in [3.8, 4) is 11.5 Å². The Morgan fingerprint density at radius 2 is 1.24 bits per heavy atom. The molecule has 112 valence electrons. The Hall–Kier alpha value is -1.84. The van der Waals surface area contributed by atoms with Crippen LogP contribution in [0.15, 0.2) is 48.5 Å². The van der Waals surface area contributed by atoms with Crippen LogP contribution in [0.25, 0.3) is 0 Å². The minimum absolute atomic E-state index is 0.148. The molecule has 0 aliphatic carbocycles. The van der Waals surface area contributed by atoms with Gasteiger partial charge < -0.3 is 16.2 Å². The lowest BCUT2D eigenvalue weighted by molar-refractivity contribution is 0.480. The van der Waals surface area contributed by atoms with E-state index in [0.717, 1.165) is 24.3 Å². The molecule has 2 rings (SSSR count). The van der Waals surface area contributed by atoms with Gasteiger partial charge >= 0.3 is 0 Å². The van der Waals surface area contributed by atoms with E-state index in [0.29, 0.717) is 0 Å². The van der Waals surface area contributed by atoms with E-state index in [4.69, 9.17) is 16.2 Å². The van der Waals surface area contributed by atoms with Crippen LogP contribution in [0.3, 0.4) is 0 Å². The predicted molar refractivity (Wildman–Crippen MR) is 87.7 cm³/mol. The fourth-order valence-corrected chi connectivity index (χ4v) is 2.35. The van der Waals surface area contributed by atoms with Gasteiger partial charge in [0.05, 0.1) is 0 Å². The second kappa shape index (κ2) is 7.25. The predicted octanol–water partition coefficient (Wildman–Crippen LogP) is 3.26. The summed E-state index contributed by atoms with van der Waals surface area (Å²) in [5.41, 5.74) is 14.1. The average Bonchev–Trinajstić information content (AvgIpc) is 2.37. The molecule has 0 aliphatic rings. The Morgan fingerprint density at radius 1 is 0.810 bits per heavy atom. The maximum absolute atomic E-state index is 5.94. The van der Waals surface area contributed by atoms with E-state index in [1.165, 1.54) is 11.1 Å². The van der Waals surface area contributed by atoms with Crippen LogP contribution in [0.1, 0.15) is 25.0 Å². The van der Waals surface area contributed by atoms with Gasteiger partial charge in [-0.05, 0) is 62.1 Å². The molecule has 0 aliphatic heterocycles. The summed E-state index contributed by atoms with van der Waals surface area (Å²) < 4.78 is 5.94. The van der Waals surface area contributed by atoms with Crippen molar-refractivity contribution in [2.24, 2.45) is 11.5 Å². The zero-order valence-corrected chi connectivity index (χ0v) is 12.8. The average molecular weight is 284 g/mol. The number of hydrogen-bond acceptors (Lipinski definition) is 3. The molecule has 0 saturated heterocycles. The van der Waals surface area contributed by atoms with Gasteiger partial charge in [-0.3, -0.25) is 0 Å². The third-order valence-electron chi connectivity index (χ3n) is 3.15. The maximum Gasteiger partial charge on any atom is 0.127 e. The minimum Gasteiger partial charge on any atom is -0.457 e. The normalized spacial score (nSPS) is 13.7. The van der Waals surface area contributed by atoms with Crippen molar-refractivity contribution in [3.05, 3.63) is 59.7 Å². The topological polar surface area (TPSA) is 61.3 Å². The van der Waals surface area contributed by atoms with Gasteiger partial charge in [0.1, 0.15) is 11.5 Å². The van der Waals surface area contributed by atoms with E-state index in [1.54, 1.807) is 0 Å². The van der Waals surface area contributed by atoms with Crippen LogP contribution >= 0.6 is 0 Å². The lowest BCUT2D eigenvalue weighted by Gasteiger charge is -2.11. The number of ether oxygens (including phenoxy) is 1. The molecular formula is C18H24N2O. The molecule has 0 amide bonds. The number of rotatable bonds is 6. The van der Waals surface area contributed by atoms with Gasteiger partial charge in [-0.1, -0.05) is 24.3 Å². The van der Waals surface area contributed by atoms with Gasteiger partial charge in [0, 0.05) is 12.1 Å². The van der Waals surface area contributed by atoms with Crippen LogP contribution in [0.4, 0.5) is 0 Å². The Morgan fingerprint density at radius 3 is 1.62 bits per heavy atom. The Kier molecular flexibility index (Phi) is 5.37. The van der Waals surface area contributed by atoms with Crippen LogP contribution < -0.4 is 16.2 Å². The zero-order valence-electron chi connectivity index (χ0n) is 12.8. The van der Waals surface area contributed by atoms with Crippen molar-refractivity contribution in [3.63, 3.8) is 0 Å². The van der Waals surface area contributed by atoms with E-state index < -0.39 is 0 Å². The third-order valence-corrected chi connectivity index (χ3v) is 3.15. The molecule has 2 aromatic carbocycles. The van der Waals surface area contributed by atoms with E-state index >= 15 is 0 Å². The van der Waals surface area contributed by atoms with E-state index in [1.807, 2.05) is 50.2 Å². The van der Waals surface area contributed by atoms with Crippen molar-refractivity contribution >= 4 is 0 Å². The molecule has 4 N–H and O–H groups in total. The first kappa shape index (κ1) is 15.5.